The highest BCUT2D eigenvalue weighted by Crippen LogP contribution is 2.15. The lowest BCUT2D eigenvalue weighted by Gasteiger charge is -2.24. The first-order valence-electron chi connectivity index (χ1n) is 6.84. The predicted molar refractivity (Wildman–Crippen MR) is 72.7 cm³/mol. The Bertz CT molecular complexity index is 657. The molecule has 1 aliphatic rings. The molecule has 1 atom stereocenters. The zero-order valence-electron chi connectivity index (χ0n) is 11.6. The largest absolute Gasteiger partial charge is 0.433 e. The molecule has 0 fully saturated rings. The number of aromatic nitrogens is 3. The molecule has 0 radical (unpaired) electrons. The van der Waals surface area contributed by atoms with Crippen LogP contribution < -0.4 is 10.1 Å². The van der Waals surface area contributed by atoms with E-state index in [-0.39, 0.29) is 23.4 Å². The maximum absolute atomic E-state index is 12.1. The number of ether oxygens (including phenoxy) is 1. The Morgan fingerprint density at radius 2 is 2.27 bits per heavy atom. The van der Waals surface area contributed by atoms with E-state index in [9.17, 15) is 13.6 Å². The second-order valence-electron chi connectivity index (χ2n) is 4.97. The molecule has 8 heteroatoms. The third kappa shape index (κ3) is 3.21. The van der Waals surface area contributed by atoms with E-state index in [4.69, 9.17) is 0 Å². The van der Waals surface area contributed by atoms with Gasteiger partial charge in [-0.3, -0.25) is 9.48 Å². The quantitative estimate of drug-likeness (QED) is 0.932. The Morgan fingerprint density at radius 3 is 3.00 bits per heavy atom. The van der Waals surface area contributed by atoms with Gasteiger partial charge in [0, 0.05) is 30.9 Å². The van der Waals surface area contributed by atoms with Crippen LogP contribution in [0.4, 0.5) is 8.78 Å². The Kier molecular flexibility index (Phi) is 3.99. The first-order valence-corrected chi connectivity index (χ1v) is 6.84. The summed E-state index contributed by atoms with van der Waals surface area (Å²) in [6.45, 7) is -2.16. The smallest absolute Gasteiger partial charge is 0.387 e. The molecule has 2 aromatic rings. The van der Waals surface area contributed by atoms with Crippen LogP contribution in [0.25, 0.3) is 0 Å². The third-order valence-corrected chi connectivity index (χ3v) is 3.48. The summed E-state index contributed by atoms with van der Waals surface area (Å²) in [6.07, 6.45) is 4.34. The fourth-order valence-corrected chi connectivity index (χ4v) is 2.44. The standard InChI is InChI=1S/C14H14F2N4O2/c15-14(16)22-11-1-2-12(17-8-11)13(21)19-9-4-6-20-10(7-9)3-5-18-20/h1-3,5,8-9,14H,4,6-7H2,(H,19,21)/t9-/m0/s1. The van der Waals surface area contributed by atoms with Crippen molar-refractivity contribution in [3.8, 4) is 5.75 Å². The van der Waals surface area contributed by atoms with Crippen LogP contribution in [-0.4, -0.2) is 33.3 Å². The third-order valence-electron chi connectivity index (χ3n) is 3.48. The van der Waals surface area contributed by atoms with E-state index in [0.29, 0.717) is 6.42 Å². The molecule has 0 aromatic carbocycles. The van der Waals surface area contributed by atoms with Gasteiger partial charge in [0.05, 0.1) is 6.20 Å². The number of carbonyl (C=O) groups is 1. The summed E-state index contributed by atoms with van der Waals surface area (Å²) in [5.41, 5.74) is 1.24. The van der Waals surface area contributed by atoms with Gasteiger partial charge in [0.1, 0.15) is 11.4 Å². The summed E-state index contributed by atoms with van der Waals surface area (Å²) in [5.74, 6) is -0.408. The summed E-state index contributed by atoms with van der Waals surface area (Å²) < 4.78 is 30.2. The number of hydrogen-bond donors (Lipinski definition) is 1. The Labute approximate surface area is 125 Å². The fourth-order valence-electron chi connectivity index (χ4n) is 2.44. The van der Waals surface area contributed by atoms with Crippen molar-refractivity contribution in [3.63, 3.8) is 0 Å². The summed E-state index contributed by atoms with van der Waals surface area (Å²) in [5, 5.41) is 7.07. The molecular weight excluding hydrogens is 294 g/mol. The lowest BCUT2D eigenvalue weighted by molar-refractivity contribution is -0.0500. The van der Waals surface area contributed by atoms with E-state index in [0.717, 1.165) is 24.9 Å². The van der Waals surface area contributed by atoms with Crippen molar-refractivity contribution >= 4 is 5.91 Å². The molecule has 2 aromatic heterocycles. The van der Waals surface area contributed by atoms with Gasteiger partial charge < -0.3 is 10.1 Å². The SMILES string of the molecule is O=C(N[C@H]1CCn2nccc2C1)c1ccc(OC(F)F)cn1. The number of pyridine rings is 1. The Balaban J connectivity index is 1.60. The van der Waals surface area contributed by atoms with E-state index in [2.05, 4.69) is 20.1 Å². The van der Waals surface area contributed by atoms with E-state index in [1.165, 1.54) is 12.1 Å². The molecule has 116 valence electrons. The van der Waals surface area contributed by atoms with E-state index >= 15 is 0 Å². The van der Waals surface area contributed by atoms with Crippen molar-refractivity contribution in [1.29, 1.82) is 0 Å². The lowest BCUT2D eigenvalue weighted by Crippen LogP contribution is -2.40. The number of rotatable bonds is 4. The van der Waals surface area contributed by atoms with Crippen molar-refractivity contribution in [3.05, 3.63) is 42.0 Å². The average molecular weight is 308 g/mol. The number of hydrogen-bond acceptors (Lipinski definition) is 4. The van der Waals surface area contributed by atoms with Gasteiger partial charge in [-0.25, -0.2) is 4.98 Å². The van der Waals surface area contributed by atoms with Gasteiger partial charge in [0.25, 0.3) is 5.91 Å². The zero-order valence-corrected chi connectivity index (χ0v) is 11.6. The first-order chi connectivity index (χ1) is 10.6. The number of fused-ring (bicyclic) bond motifs is 1. The van der Waals surface area contributed by atoms with Gasteiger partial charge in [-0.2, -0.15) is 13.9 Å². The van der Waals surface area contributed by atoms with Crippen LogP contribution in [0.2, 0.25) is 0 Å². The number of nitrogens with one attached hydrogen (secondary N) is 1. The molecule has 22 heavy (non-hydrogen) atoms. The molecule has 1 N–H and O–H groups in total. The van der Waals surface area contributed by atoms with Crippen LogP contribution in [0.1, 0.15) is 22.6 Å². The van der Waals surface area contributed by atoms with Crippen LogP contribution in [0.3, 0.4) is 0 Å². The molecule has 0 bridgehead atoms. The van der Waals surface area contributed by atoms with Gasteiger partial charge in [0.2, 0.25) is 0 Å². The highest BCUT2D eigenvalue weighted by atomic mass is 19.3. The van der Waals surface area contributed by atoms with Crippen LogP contribution >= 0.6 is 0 Å². The minimum Gasteiger partial charge on any atom is -0.433 e. The maximum atomic E-state index is 12.1. The molecule has 3 heterocycles. The van der Waals surface area contributed by atoms with Crippen molar-refractivity contribution in [1.82, 2.24) is 20.1 Å². The topological polar surface area (TPSA) is 69.0 Å². The second-order valence-corrected chi connectivity index (χ2v) is 4.97. The average Bonchev–Trinajstić information content (AvgIpc) is 2.95. The monoisotopic (exact) mass is 308 g/mol. The highest BCUT2D eigenvalue weighted by molar-refractivity contribution is 5.92. The molecular formula is C14H14F2N4O2. The van der Waals surface area contributed by atoms with Crippen LogP contribution in [0, 0.1) is 0 Å². The van der Waals surface area contributed by atoms with Crippen LogP contribution in [-0.2, 0) is 13.0 Å². The minimum atomic E-state index is -2.91. The summed E-state index contributed by atoms with van der Waals surface area (Å²) in [4.78, 5) is 16.0. The number of halogens is 2. The fraction of sp³-hybridized carbons (Fsp3) is 0.357. The van der Waals surface area contributed by atoms with Gasteiger partial charge in [-0.05, 0) is 24.6 Å². The first kappa shape index (κ1) is 14.4. The molecule has 1 aliphatic heterocycles. The van der Waals surface area contributed by atoms with E-state index in [1.807, 2.05) is 10.7 Å². The number of carbonyl (C=O) groups excluding carboxylic acids is 1. The summed E-state index contributed by atoms with van der Waals surface area (Å²) in [7, 11) is 0. The predicted octanol–water partition coefficient (Wildman–Crippen LogP) is 1.62. The van der Waals surface area contributed by atoms with Crippen LogP contribution in [0.15, 0.2) is 30.6 Å². The zero-order chi connectivity index (χ0) is 15.5. The summed E-state index contributed by atoms with van der Waals surface area (Å²) >= 11 is 0. The summed E-state index contributed by atoms with van der Waals surface area (Å²) in [6, 6.07) is 4.59. The van der Waals surface area contributed by atoms with Gasteiger partial charge in [-0.1, -0.05) is 0 Å². The minimum absolute atomic E-state index is 0.00971. The molecule has 0 spiro atoms. The van der Waals surface area contributed by atoms with Crippen molar-refractivity contribution in [2.24, 2.45) is 0 Å². The number of nitrogens with zero attached hydrogens (tertiary/aromatic N) is 3. The van der Waals surface area contributed by atoms with Crippen LogP contribution in [0.5, 0.6) is 5.75 Å². The lowest BCUT2D eigenvalue weighted by atomic mass is 10.0. The Morgan fingerprint density at radius 1 is 1.41 bits per heavy atom. The molecule has 1 amide bonds. The van der Waals surface area contributed by atoms with E-state index < -0.39 is 6.61 Å². The highest BCUT2D eigenvalue weighted by Gasteiger charge is 2.21. The molecule has 0 saturated heterocycles. The number of alkyl halides is 2. The van der Waals surface area contributed by atoms with Gasteiger partial charge in [-0.15, -0.1) is 0 Å². The second kappa shape index (κ2) is 6.08. The normalized spacial score (nSPS) is 17.1. The molecule has 0 saturated carbocycles. The Hall–Kier alpha value is -2.51. The molecule has 6 nitrogen and oxygen atoms in total. The van der Waals surface area contributed by atoms with Gasteiger partial charge >= 0.3 is 6.61 Å². The molecule has 0 unspecified atom stereocenters. The van der Waals surface area contributed by atoms with Gasteiger partial charge in [0.15, 0.2) is 0 Å². The van der Waals surface area contributed by atoms with Crippen molar-refractivity contribution in [2.75, 3.05) is 0 Å². The molecule has 3 rings (SSSR count). The van der Waals surface area contributed by atoms with Crippen molar-refractivity contribution in [2.45, 2.75) is 32.0 Å². The van der Waals surface area contributed by atoms with E-state index in [1.54, 1.807) is 6.20 Å². The maximum Gasteiger partial charge on any atom is 0.387 e. The number of amides is 1. The molecule has 0 aliphatic carbocycles. The van der Waals surface area contributed by atoms with Crippen molar-refractivity contribution < 1.29 is 18.3 Å². The number of aryl methyl sites for hydroxylation is 1.